The van der Waals surface area contributed by atoms with E-state index in [-0.39, 0.29) is 6.04 Å². The van der Waals surface area contributed by atoms with Crippen LogP contribution in [0.5, 0.6) is 0 Å². The fourth-order valence-electron chi connectivity index (χ4n) is 2.21. The highest BCUT2D eigenvalue weighted by molar-refractivity contribution is 7.10. The largest absolute Gasteiger partial charge is 0.326 e. The maximum atomic E-state index is 6.17. The van der Waals surface area contributed by atoms with E-state index in [4.69, 9.17) is 5.73 Å². The summed E-state index contributed by atoms with van der Waals surface area (Å²) in [6.45, 7) is 10.9. The Balaban J connectivity index is 2.94. The zero-order valence-corrected chi connectivity index (χ0v) is 11.7. The lowest BCUT2D eigenvalue weighted by Crippen LogP contribution is -2.39. The topological polar surface area (TPSA) is 29.3 Å². The first-order chi connectivity index (χ1) is 7.61. The van der Waals surface area contributed by atoms with E-state index >= 15 is 0 Å². The summed E-state index contributed by atoms with van der Waals surface area (Å²) in [4.78, 5) is 3.93. The Morgan fingerprint density at radius 1 is 1.44 bits per heavy atom. The normalized spacial score (nSPS) is 15.4. The average Bonchev–Trinajstić information content (AvgIpc) is 2.63. The van der Waals surface area contributed by atoms with Crippen molar-refractivity contribution in [2.45, 2.75) is 46.2 Å². The monoisotopic (exact) mass is 240 g/mol. The summed E-state index contributed by atoms with van der Waals surface area (Å²) < 4.78 is 0. The van der Waals surface area contributed by atoms with Crippen molar-refractivity contribution in [3.8, 4) is 0 Å². The van der Waals surface area contributed by atoms with E-state index in [2.05, 4.69) is 44.0 Å². The first-order valence-electron chi connectivity index (χ1n) is 6.15. The minimum absolute atomic E-state index is 0.184. The molecular formula is C13H24N2S. The van der Waals surface area contributed by atoms with Crippen LogP contribution in [0.15, 0.2) is 11.4 Å². The van der Waals surface area contributed by atoms with Gasteiger partial charge in [-0.1, -0.05) is 13.8 Å². The van der Waals surface area contributed by atoms with Crippen LogP contribution in [0.2, 0.25) is 0 Å². The van der Waals surface area contributed by atoms with Crippen LogP contribution in [0.4, 0.5) is 0 Å². The molecule has 1 aromatic rings. The highest BCUT2D eigenvalue weighted by atomic mass is 32.1. The lowest BCUT2D eigenvalue weighted by atomic mass is 10.0. The molecule has 1 rings (SSSR count). The number of rotatable bonds is 6. The Morgan fingerprint density at radius 2 is 2.12 bits per heavy atom. The Hall–Kier alpha value is -0.380. The second-order valence-electron chi connectivity index (χ2n) is 4.40. The van der Waals surface area contributed by atoms with Crippen LogP contribution in [0.3, 0.4) is 0 Å². The predicted octanol–water partition coefficient (Wildman–Crippen LogP) is 3.18. The Labute approximate surface area is 103 Å². The molecule has 0 aliphatic carbocycles. The van der Waals surface area contributed by atoms with Crippen molar-refractivity contribution in [1.29, 1.82) is 0 Å². The number of hydrogen-bond acceptors (Lipinski definition) is 3. The highest BCUT2D eigenvalue weighted by Gasteiger charge is 2.24. The zero-order valence-electron chi connectivity index (χ0n) is 10.9. The van der Waals surface area contributed by atoms with Crippen LogP contribution >= 0.6 is 11.3 Å². The molecule has 1 heterocycles. The van der Waals surface area contributed by atoms with Crippen LogP contribution < -0.4 is 5.73 Å². The summed E-state index contributed by atoms with van der Waals surface area (Å²) >= 11 is 1.83. The Kier molecular flexibility index (Phi) is 5.46. The van der Waals surface area contributed by atoms with Crippen molar-refractivity contribution in [1.82, 2.24) is 4.90 Å². The van der Waals surface area contributed by atoms with E-state index in [1.165, 1.54) is 16.9 Å². The fraction of sp³-hybridized carbons (Fsp3) is 0.692. The van der Waals surface area contributed by atoms with Gasteiger partial charge < -0.3 is 5.73 Å². The van der Waals surface area contributed by atoms with Crippen LogP contribution in [0, 0.1) is 6.92 Å². The third kappa shape index (κ3) is 3.06. The van der Waals surface area contributed by atoms with Gasteiger partial charge in [-0.15, -0.1) is 11.3 Å². The molecule has 92 valence electrons. The number of hydrogen-bond donors (Lipinski definition) is 1. The van der Waals surface area contributed by atoms with Gasteiger partial charge in [-0.25, -0.2) is 0 Å². The van der Waals surface area contributed by atoms with Crippen molar-refractivity contribution in [2.75, 3.05) is 13.1 Å². The van der Waals surface area contributed by atoms with E-state index in [1.54, 1.807) is 0 Å². The second-order valence-corrected chi connectivity index (χ2v) is 5.35. The number of aryl methyl sites for hydroxylation is 1. The SMILES string of the molecule is CCCN(CC)C(c1sccc1C)C(C)N. The molecular weight excluding hydrogens is 216 g/mol. The van der Waals surface area contributed by atoms with Crippen molar-refractivity contribution in [3.63, 3.8) is 0 Å². The first-order valence-corrected chi connectivity index (χ1v) is 7.03. The van der Waals surface area contributed by atoms with Crippen molar-refractivity contribution >= 4 is 11.3 Å². The van der Waals surface area contributed by atoms with Crippen LogP contribution in [-0.4, -0.2) is 24.0 Å². The van der Waals surface area contributed by atoms with Crippen LogP contribution in [-0.2, 0) is 0 Å². The van der Waals surface area contributed by atoms with Gasteiger partial charge in [0.05, 0.1) is 6.04 Å². The molecule has 0 bridgehead atoms. The lowest BCUT2D eigenvalue weighted by molar-refractivity contribution is 0.188. The summed E-state index contributed by atoms with van der Waals surface area (Å²) in [7, 11) is 0. The molecule has 3 heteroatoms. The van der Waals surface area contributed by atoms with Crippen LogP contribution in [0.25, 0.3) is 0 Å². The fourth-order valence-corrected chi connectivity index (χ4v) is 3.38. The third-order valence-electron chi connectivity index (χ3n) is 2.98. The standard InChI is InChI=1S/C13H24N2S/c1-5-8-15(6-2)12(11(4)14)13-10(3)7-9-16-13/h7,9,11-12H,5-6,8,14H2,1-4H3. The number of nitrogens with zero attached hydrogens (tertiary/aromatic N) is 1. The molecule has 0 aliphatic rings. The molecule has 0 amide bonds. The zero-order chi connectivity index (χ0) is 12.1. The molecule has 1 aromatic heterocycles. The number of nitrogens with two attached hydrogens (primary N) is 1. The van der Waals surface area contributed by atoms with Gasteiger partial charge in [-0.3, -0.25) is 4.90 Å². The number of likely N-dealkylation sites (N-methyl/N-ethyl adjacent to an activating group) is 1. The second kappa shape index (κ2) is 6.38. The van der Waals surface area contributed by atoms with Gasteiger partial charge in [0, 0.05) is 10.9 Å². The van der Waals surface area contributed by atoms with Crippen molar-refractivity contribution < 1.29 is 0 Å². The molecule has 16 heavy (non-hydrogen) atoms. The van der Waals surface area contributed by atoms with Gasteiger partial charge in [0.25, 0.3) is 0 Å². The van der Waals surface area contributed by atoms with E-state index in [0.717, 1.165) is 13.1 Å². The van der Waals surface area contributed by atoms with E-state index in [1.807, 2.05) is 11.3 Å². The van der Waals surface area contributed by atoms with Gasteiger partial charge in [0.2, 0.25) is 0 Å². The molecule has 2 unspecified atom stereocenters. The van der Waals surface area contributed by atoms with E-state index in [9.17, 15) is 0 Å². The van der Waals surface area contributed by atoms with E-state index < -0.39 is 0 Å². The average molecular weight is 240 g/mol. The molecule has 0 fully saturated rings. The van der Waals surface area contributed by atoms with Gasteiger partial charge in [0.15, 0.2) is 0 Å². The predicted molar refractivity (Wildman–Crippen MR) is 73.0 cm³/mol. The molecule has 0 aromatic carbocycles. The Morgan fingerprint density at radius 3 is 2.50 bits per heavy atom. The lowest BCUT2D eigenvalue weighted by Gasteiger charge is -2.33. The molecule has 0 saturated carbocycles. The summed E-state index contributed by atoms with van der Waals surface area (Å²) in [5.41, 5.74) is 7.55. The molecule has 0 radical (unpaired) electrons. The summed E-state index contributed by atoms with van der Waals surface area (Å²) in [6.07, 6.45) is 1.18. The quantitative estimate of drug-likeness (QED) is 0.827. The molecule has 2 nitrogen and oxygen atoms in total. The van der Waals surface area contributed by atoms with Crippen molar-refractivity contribution in [2.24, 2.45) is 5.73 Å². The Bertz CT molecular complexity index is 307. The smallest absolute Gasteiger partial charge is 0.0593 e. The van der Waals surface area contributed by atoms with Gasteiger partial charge in [-0.05, 0) is 50.4 Å². The number of thiophene rings is 1. The molecule has 2 N–H and O–H groups in total. The maximum Gasteiger partial charge on any atom is 0.0593 e. The summed E-state index contributed by atoms with van der Waals surface area (Å²) in [5, 5.41) is 2.17. The highest BCUT2D eigenvalue weighted by Crippen LogP contribution is 2.30. The maximum absolute atomic E-state index is 6.17. The van der Waals surface area contributed by atoms with Crippen molar-refractivity contribution in [3.05, 3.63) is 21.9 Å². The summed E-state index contributed by atoms with van der Waals surface area (Å²) in [5.74, 6) is 0. The van der Waals surface area contributed by atoms with E-state index in [0.29, 0.717) is 6.04 Å². The van der Waals surface area contributed by atoms with Gasteiger partial charge in [-0.2, -0.15) is 0 Å². The van der Waals surface area contributed by atoms with Gasteiger partial charge in [0.1, 0.15) is 0 Å². The third-order valence-corrected chi connectivity index (χ3v) is 4.07. The van der Waals surface area contributed by atoms with Gasteiger partial charge >= 0.3 is 0 Å². The molecule has 0 aliphatic heterocycles. The minimum Gasteiger partial charge on any atom is -0.326 e. The molecule has 0 spiro atoms. The molecule has 2 atom stereocenters. The minimum atomic E-state index is 0.184. The summed E-state index contributed by atoms with van der Waals surface area (Å²) in [6, 6.07) is 2.75. The first kappa shape index (κ1) is 13.7. The van der Waals surface area contributed by atoms with Crippen LogP contribution in [0.1, 0.15) is 43.7 Å². The molecule has 0 saturated heterocycles.